The zero-order valence-electron chi connectivity index (χ0n) is 34.1. The molecule has 11 aromatic rings. The summed E-state index contributed by atoms with van der Waals surface area (Å²) < 4.78 is 4.20. The lowest BCUT2D eigenvalue weighted by molar-refractivity contribution is 0.484. The third kappa shape index (κ3) is 5.89. The number of fused-ring (bicyclic) bond motifs is 6. The third-order valence-electron chi connectivity index (χ3n) is 12.5. The van der Waals surface area contributed by atoms with Gasteiger partial charge in [0.05, 0.1) is 11.0 Å². The molecule has 11 rings (SSSR count). The van der Waals surface area contributed by atoms with Crippen LogP contribution < -0.4 is 49.2 Å². The standard InChI is InChI=1S/C51H23B9N2OS/c52-40-37(41(53)43(55)44(56)42(40)54)24-19-20-28-31(22-24)38(30-14-8-18-35-39(30)29-13-3-6-17-34(29)64-35)27-12-2-1-11-26(27)36(28)23-9-7-10-25(21-23)51-61-32-15-4-5-16-33(32)62(51)49-46(58)45(57)47(59)50(63)48(49)60/h1-22,63H. The van der Waals surface area contributed by atoms with Crippen LogP contribution in [0.3, 0.4) is 0 Å². The number of phenols is 1. The summed E-state index contributed by atoms with van der Waals surface area (Å²) in [4.78, 5) is 5.11. The molecule has 0 spiro atoms. The summed E-state index contributed by atoms with van der Waals surface area (Å²) in [6.45, 7) is 0. The van der Waals surface area contributed by atoms with Gasteiger partial charge in [-0.15, -0.1) is 33.2 Å². The molecule has 2 heterocycles. The number of thiophene rings is 1. The molecule has 9 aromatic carbocycles. The summed E-state index contributed by atoms with van der Waals surface area (Å²) in [6, 6.07) is 45.5. The lowest BCUT2D eigenvalue weighted by Gasteiger charge is -2.23. The van der Waals surface area contributed by atoms with E-state index in [2.05, 4.69) is 91.0 Å². The van der Waals surface area contributed by atoms with Crippen molar-refractivity contribution in [2.75, 3.05) is 0 Å². The Morgan fingerprint density at radius 3 is 1.77 bits per heavy atom. The highest BCUT2D eigenvalue weighted by atomic mass is 32.1. The third-order valence-corrected chi connectivity index (χ3v) is 13.6. The van der Waals surface area contributed by atoms with E-state index in [-0.39, 0.29) is 60.6 Å². The van der Waals surface area contributed by atoms with Crippen molar-refractivity contribution in [2.24, 2.45) is 0 Å². The van der Waals surface area contributed by atoms with Gasteiger partial charge in [-0.3, -0.25) is 4.57 Å². The first-order valence-corrected chi connectivity index (χ1v) is 21.2. The van der Waals surface area contributed by atoms with Crippen LogP contribution in [0.2, 0.25) is 0 Å². The fourth-order valence-electron chi connectivity index (χ4n) is 9.38. The molecule has 0 unspecified atom stereocenters. The largest absolute Gasteiger partial charge is 0.509 e. The lowest BCUT2D eigenvalue weighted by Crippen LogP contribution is -2.55. The monoisotopic (exact) mass is 810 g/mol. The lowest BCUT2D eigenvalue weighted by atomic mass is 9.59. The molecule has 18 radical (unpaired) electrons. The molecule has 13 heteroatoms. The van der Waals surface area contributed by atoms with E-state index in [0.29, 0.717) is 22.4 Å². The Labute approximate surface area is 386 Å². The van der Waals surface area contributed by atoms with Crippen LogP contribution in [0, 0.1) is 0 Å². The first-order valence-electron chi connectivity index (χ1n) is 20.4. The molecule has 0 saturated carbocycles. The minimum atomic E-state index is -0.351. The SMILES string of the molecule is [B]c1c([B])c([B])c(-c2ccc3c(-c4cccc(-c5nc6ccccc6n5-c5c([B])c([B])c([B])c(O)c5[B])c4)c4ccccc4c(-c4cccc5sc6ccccc6c45)c3c2)c([B])c1[B]. The average molecular weight is 809 g/mol. The van der Waals surface area contributed by atoms with Crippen molar-refractivity contribution in [2.45, 2.75) is 0 Å². The molecule has 0 aliphatic carbocycles. The summed E-state index contributed by atoms with van der Waals surface area (Å²) in [7, 11) is 58.3. The van der Waals surface area contributed by atoms with Gasteiger partial charge in [0.2, 0.25) is 0 Å². The van der Waals surface area contributed by atoms with Gasteiger partial charge in [0.1, 0.15) is 82.2 Å². The molecular formula is C51H23B9N2OS. The number of aromatic hydroxyl groups is 1. The Kier molecular flexibility index (Phi) is 9.52. The van der Waals surface area contributed by atoms with Crippen LogP contribution in [0.5, 0.6) is 5.75 Å². The molecule has 3 nitrogen and oxygen atoms in total. The predicted molar refractivity (Wildman–Crippen MR) is 281 cm³/mol. The number of para-hydroxylation sites is 2. The summed E-state index contributed by atoms with van der Waals surface area (Å²) >= 11 is 1.77. The molecule has 0 atom stereocenters. The van der Waals surface area contributed by atoms with Gasteiger partial charge in [-0.25, -0.2) is 4.98 Å². The Morgan fingerprint density at radius 1 is 0.422 bits per heavy atom. The van der Waals surface area contributed by atoms with Gasteiger partial charge in [0, 0.05) is 31.4 Å². The van der Waals surface area contributed by atoms with Crippen molar-refractivity contribution < 1.29 is 5.11 Å². The van der Waals surface area contributed by atoms with Crippen LogP contribution >= 0.6 is 11.3 Å². The van der Waals surface area contributed by atoms with Crippen LogP contribution in [0.1, 0.15) is 0 Å². The van der Waals surface area contributed by atoms with E-state index in [1.165, 1.54) is 20.2 Å². The molecule has 276 valence electrons. The summed E-state index contributed by atoms with van der Waals surface area (Å²) in [5, 5.41) is 17.4. The smallest absolute Gasteiger partial charge is 0.145 e. The van der Waals surface area contributed by atoms with E-state index in [9.17, 15) is 5.11 Å². The van der Waals surface area contributed by atoms with Crippen LogP contribution in [0.25, 0.3) is 103 Å². The van der Waals surface area contributed by atoms with Gasteiger partial charge in [-0.1, -0.05) is 119 Å². The maximum atomic E-state index is 11.0. The van der Waals surface area contributed by atoms with Crippen molar-refractivity contribution in [3.63, 3.8) is 0 Å². The number of benzene rings is 9. The Morgan fingerprint density at radius 2 is 1.00 bits per heavy atom. The van der Waals surface area contributed by atoms with Gasteiger partial charge >= 0.3 is 0 Å². The Balaban J connectivity index is 1.24. The predicted octanol–water partition coefficient (Wildman–Crippen LogP) is 3.22. The average Bonchev–Trinajstić information content (AvgIpc) is 3.90. The zero-order chi connectivity index (χ0) is 44.3. The second-order valence-electron chi connectivity index (χ2n) is 16.0. The number of aromatic nitrogens is 2. The molecule has 2 aromatic heterocycles. The van der Waals surface area contributed by atoms with E-state index in [1.54, 1.807) is 11.3 Å². The number of rotatable bonds is 5. The topological polar surface area (TPSA) is 38.0 Å². The molecule has 1 N–H and O–H groups in total. The number of hydrogen-bond donors (Lipinski definition) is 1. The number of hydrogen-bond acceptors (Lipinski definition) is 3. The van der Waals surface area contributed by atoms with Crippen molar-refractivity contribution in [3.05, 3.63) is 133 Å². The molecule has 0 aliphatic heterocycles. The zero-order valence-corrected chi connectivity index (χ0v) is 35.0. The van der Waals surface area contributed by atoms with E-state index in [1.807, 2.05) is 47.0 Å². The van der Waals surface area contributed by atoms with E-state index >= 15 is 0 Å². The number of imidazole rings is 1. The Hall–Kier alpha value is -6.43. The second-order valence-corrected chi connectivity index (χ2v) is 17.1. The minimum Gasteiger partial charge on any atom is -0.509 e. The highest BCUT2D eigenvalue weighted by Crippen LogP contribution is 2.49. The van der Waals surface area contributed by atoms with Gasteiger partial charge in [-0.2, -0.15) is 0 Å². The number of nitrogens with zero attached hydrogens (tertiary/aromatic N) is 2. The fourth-order valence-corrected chi connectivity index (χ4v) is 10.5. The second kappa shape index (κ2) is 15.1. The normalized spacial score (nSPS) is 11.8. The van der Waals surface area contributed by atoms with Crippen LogP contribution in [0.15, 0.2) is 133 Å². The summed E-state index contributed by atoms with van der Waals surface area (Å²) in [6.07, 6.45) is 0. The van der Waals surface area contributed by atoms with Crippen LogP contribution in [-0.4, -0.2) is 85.3 Å². The van der Waals surface area contributed by atoms with Crippen molar-refractivity contribution in [1.29, 1.82) is 0 Å². The van der Waals surface area contributed by atoms with Gasteiger partial charge in [0.15, 0.2) is 0 Å². The first kappa shape index (κ1) is 40.4. The molecule has 0 fully saturated rings. The Bertz CT molecular complexity index is 3760. The maximum Gasteiger partial charge on any atom is 0.145 e. The molecular weight excluding hydrogens is 786 g/mol. The van der Waals surface area contributed by atoms with Crippen molar-refractivity contribution in [3.8, 4) is 56.2 Å². The van der Waals surface area contributed by atoms with Crippen LogP contribution in [0.4, 0.5) is 0 Å². The molecule has 0 saturated heterocycles. The summed E-state index contributed by atoms with van der Waals surface area (Å²) in [5.41, 5.74) is 8.75. The highest BCUT2D eigenvalue weighted by Gasteiger charge is 2.24. The van der Waals surface area contributed by atoms with E-state index < -0.39 is 0 Å². The number of phenolic OH excluding ortho intramolecular Hbond substituents is 1. The molecule has 0 bridgehead atoms. The van der Waals surface area contributed by atoms with E-state index in [0.717, 1.165) is 54.9 Å². The molecule has 64 heavy (non-hydrogen) atoms. The van der Waals surface area contributed by atoms with Gasteiger partial charge in [-0.05, 0) is 96.8 Å². The van der Waals surface area contributed by atoms with E-state index in [4.69, 9.17) is 75.6 Å². The van der Waals surface area contributed by atoms with Crippen molar-refractivity contribution in [1.82, 2.24) is 9.55 Å². The summed E-state index contributed by atoms with van der Waals surface area (Å²) in [5.74, 6) is 0.175. The molecule has 0 aliphatic rings. The minimum absolute atomic E-state index is 0.0209. The van der Waals surface area contributed by atoms with Gasteiger partial charge < -0.3 is 5.11 Å². The quantitative estimate of drug-likeness (QED) is 0.215. The maximum absolute atomic E-state index is 11.0. The first-order chi connectivity index (χ1) is 30.9. The van der Waals surface area contributed by atoms with Crippen LogP contribution in [-0.2, 0) is 0 Å². The highest BCUT2D eigenvalue weighted by molar-refractivity contribution is 7.26. The fraction of sp³-hybridized carbons (Fsp3) is 0. The molecule has 0 amide bonds. The van der Waals surface area contributed by atoms with Gasteiger partial charge in [0.25, 0.3) is 0 Å². The van der Waals surface area contributed by atoms with Crippen molar-refractivity contribution >= 4 is 184 Å².